The van der Waals surface area contributed by atoms with Gasteiger partial charge in [-0.25, -0.2) is 15.0 Å². The summed E-state index contributed by atoms with van der Waals surface area (Å²) in [4.78, 5) is 21.2. The van der Waals surface area contributed by atoms with Crippen molar-refractivity contribution in [1.29, 1.82) is 0 Å². The molecule has 1 aromatic carbocycles. The Morgan fingerprint density at radius 3 is 2.26 bits per heavy atom. The highest BCUT2D eigenvalue weighted by atomic mass is 79.9. The first-order valence-electron chi connectivity index (χ1n) is 9.17. The summed E-state index contributed by atoms with van der Waals surface area (Å²) in [5, 5.41) is 0.613. The summed E-state index contributed by atoms with van der Waals surface area (Å²) in [7, 11) is 0. The van der Waals surface area contributed by atoms with Gasteiger partial charge in [0.1, 0.15) is 19.0 Å². The van der Waals surface area contributed by atoms with E-state index in [9.17, 15) is 0 Å². The fraction of sp³-hybridized carbons (Fsp3) is 0.0952. The summed E-state index contributed by atoms with van der Waals surface area (Å²) >= 11 is 9.31. The van der Waals surface area contributed by atoms with E-state index in [4.69, 9.17) is 26.8 Å². The molecule has 0 saturated carbocycles. The van der Waals surface area contributed by atoms with E-state index in [1.165, 1.54) is 0 Å². The molecule has 8 nitrogen and oxygen atoms in total. The molecule has 0 aliphatic rings. The van der Waals surface area contributed by atoms with Crippen LogP contribution in [-0.4, -0.2) is 38.1 Å². The average molecular weight is 500 g/mol. The van der Waals surface area contributed by atoms with Crippen LogP contribution in [0.4, 0.5) is 5.82 Å². The van der Waals surface area contributed by atoms with Gasteiger partial charge in [0.15, 0.2) is 5.82 Å². The molecule has 2 N–H and O–H groups in total. The van der Waals surface area contributed by atoms with E-state index >= 15 is 0 Å². The number of hydrogen-bond donors (Lipinski definition) is 1. The van der Waals surface area contributed by atoms with Gasteiger partial charge in [-0.2, -0.15) is 4.98 Å². The minimum absolute atomic E-state index is 0.201. The lowest BCUT2D eigenvalue weighted by Crippen LogP contribution is -2.13. The van der Waals surface area contributed by atoms with Crippen molar-refractivity contribution in [2.45, 2.75) is 0 Å². The van der Waals surface area contributed by atoms with E-state index in [2.05, 4.69) is 40.8 Å². The smallest absolute Gasteiger partial charge is 0.316 e. The molecular weight excluding hydrogens is 484 g/mol. The minimum atomic E-state index is 0.201. The number of nitrogens with zero attached hydrogens (tertiary/aromatic N) is 5. The molecule has 4 aromatic rings. The van der Waals surface area contributed by atoms with Crippen molar-refractivity contribution in [1.82, 2.24) is 24.9 Å². The Bertz CT molecular complexity index is 1160. The largest absolute Gasteiger partial charge is 0.473 e. The summed E-state index contributed by atoms with van der Waals surface area (Å²) in [5.74, 6) is 1.06. The van der Waals surface area contributed by atoms with Gasteiger partial charge in [0, 0.05) is 35.4 Å². The summed E-state index contributed by atoms with van der Waals surface area (Å²) in [6, 6.07) is 11.1. The number of rotatable bonds is 7. The van der Waals surface area contributed by atoms with Crippen LogP contribution in [0, 0.1) is 0 Å². The Morgan fingerprint density at radius 2 is 1.55 bits per heavy atom. The van der Waals surface area contributed by atoms with E-state index < -0.39 is 0 Å². The van der Waals surface area contributed by atoms with Crippen LogP contribution in [0.25, 0.3) is 22.5 Å². The van der Waals surface area contributed by atoms with Crippen molar-refractivity contribution in [2.24, 2.45) is 0 Å². The molecule has 156 valence electrons. The minimum Gasteiger partial charge on any atom is -0.473 e. The monoisotopic (exact) mass is 498 g/mol. The van der Waals surface area contributed by atoms with Gasteiger partial charge >= 0.3 is 6.01 Å². The molecule has 4 rings (SSSR count). The second-order valence-corrected chi connectivity index (χ2v) is 7.59. The Hall–Kier alpha value is -3.30. The molecule has 0 atom stereocenters. The highest BCUT2D eigenvalue weighted by Crippen LogP contribution is 2.35. The molecule has 3 heterocycles. The zero-order valence-electron chi connectivity index (χ0n) is 16.1. The van der Waals surface area contributed by atoms with Gasteiger partial charge in [0.05, 0.1) is 10.0 Å². The van der Waals surface area contributed by atoms with Gasteiger partial charge in [0.2, 0.25) is 5.88 Å². The van der Waals surface area contributed by atoms with Crippen molar-refractivity contribution in [3.63, 3.8) is 0 Å². The number of nitrogens with two attached hydrogens (primary N) is 1. The van der Waals surface area contributed by atoms with Crippen molar-refractivity contribution < 1.29 is 9.47 Å². The van der Waals surface area contributed by atoms with Crippen molar-refractivity contribution >= 4 is 33.3 Å². The molecule has 0 saturated heterocycles. The molecule has 0 amide bonds. The third-order valence-corrected chi connectivity index (χ3v) is 4.79. The Balaban J connectivity index is 1.60. The van der Waals surface area contributed by atoms with Gasteiger partial charge in [-0.1, -0.05) is 23.7 Å². The first-order valence-corrected chi connectivity index (χ1v) is 10.3. The molecule has 0 spiro atoms. The first-order chi connectivity index (χ1) is 15.1. The molecule has 3 aromatic heterocycles. The number of ether oxygens (including phenoxy) is 2. The lowest BCUT2D eigenvalue weighted by atomic mass is 10.1. The molecule has 10 heteroatoms. The first kappa shape index (κ1) is 21.0. The zero-order chi connectivity index (χ0) is 21.6. The Morgan fingerprint density at radius 1 is 0.871 bits per heavy atom. The van der Waals surface area contributed by atoms with Crippen LogP contribution in [0.1, 0.15) is 0 Å². The number of benzene rings is 1. The highest BCUT2D eigenvalue weighted by molar-refractivity contribution is 9.10. The molecule has 0 fully saturated rings. The number of hydrogen-bond acceptors (Lipinski definition) is 8. The van der Waals surface area contributed by atoms with Gasteiger partial charge in [0.25, 0.3) is 0 Å². The van der Waals surface area contributed by atoms with E-state index in [0.29, 0.717) is 22.3 Å². The maximum Gasteiger partial charge on any atom is 0.316 e. The fourth-order valence-electron chi connectivity index (χ4n) is 2.73. The van der Waals surface area contributed by atoms with E-state index in [-0.39, 0.29) is 25.0 Å². The number of nitrogen functional groups attached to an aromatic ring is 1. The van der Waals surface area contributed by atoms with Crippen LogP contribution in [0.15, 0.2) is 65.7 Å². The average Bonchev–Trinajstić information content (AvgIpc) is 2.79. The lowest BCUT2D eigenvalue weighted by Gasteiger charge is -2.14. The second kappa shape index (κ2) is 9.67. The summed E-state index contributed by atoms with van der Waals surface area (Å²) in [6.45, 7) is 0.419. The van der Waals surface area contributed by atoms with Crippen LogP contribution in [0.3, 0.4) is 0 Å². The normalized spacial score (nSPS) is 10.6. The van der Waals surface area contributed by atoms with E-state index in [1.807, 2.05) is 12.1 Å². The Labute approximate surface area is 191 Å². The van der Waals surface area contributed by atoms with Crippen molar-refractivity contribution in [3.8, 4) is 34.4 Å². The maximum atomic E-state index is 6.30. The van der Waals surface area contributed by atoms with Gasteiger partial charge in [-0.15, -0.1) is 0 Å². The Kier molecular flexibility index (Phi) is 6.54. The quantitative estimate of drug-likeness (QED) is 0.371. The van der Waals surface area contributed by atoms with Crippen LogP contribution in [0.2, 0.25) is 5.02 Å². The molecule has 0 aliphatic carbocycles. The molecule has 0 aliphatic heterocycles. The molecule has 0 radical (unpaired) electrons. The predicted octanol–water partition coefficient (Wildman–Crippen LogP) is 4.45. The third-order valence-electron chi connectivity index (χ3n) is 4.13. The molecule has 0 unspecified atom stereocenters. The maximum absolute atomic E-state index is 6.30. The topological polar surface area (TPSA) is 109 Å². The zero-order valence-corrected chi connectivity index (χ0v) is 18.4. The standard InChI is InChI=1S/C21H16BrClN6O2/c22-15-11-26-21(27-12-15)31-10-9-30-20-17(13-1-3-16(23)4-2-13)18(24)28-19(29-20)14-5-7-25-8-6-14/h1-8,11-12H,9-10H2,(H2,24,28,29). The van der Waals surface area contributed by atoms with Gasteiger partial charge in [-0.3, -0.25) is 4.98 Å². The summed E-state index contributed by atoms with van der Waals surface area (Å²) < 4.78 is 12.2. The fourth-order valence-corrected chi connectivity index (χ4v) is 3.06. The van der Waals surface area contributed by atoms with Gasteiger partial charge in [-0.05, 0) is 45.8 Å². The van der Waals surface area contributed by atoms with E-state index in [1.54, 1.807) is 49.1 Å². The van der Waals surface area contributed by atoms with Crippen LogP contribution in [0.5, 0.6) is 11.9 Å². The van der Waals surface area contributed by atoms with Crippen molar-refractivity contribution in [3.05, 3.63) is 70.7 Å². The second-order valence-electron chi connectivity index (χ2n) is 6.24. The number of halogens is 2. The molecule has 0 bridgehead atoms. The number of aromatic nitrogens is 5. The van der Waals surface area contributed by atoms with Crippen LogP contribution < -0.4 is 15.2 Å². The third kappa shape index (κ3) is 5.25. The van der Waals surface area contributed by atoms with Gasteiger partial charge < -0.3 is 15.2 Å². The number of anilines is 1. The summed E-state index contributed by atoms with van der Waals surface area (Å²) in [6.07, 6.45) is 6.53. The predicted molar refractivity (Wildman–Crippen MR) is 121 cm³/mol. The van der Waals surface area contributed by atoms with Crippen LogP contribution >= 0.6 is 27.5 Å². The number of pyridine rings is 1. The molecule has 31 heavy (non-hydrogen) atoms. The SMILES string of the molecule is Nc1nc(-c2ccncc2)nc(OCCOc2ncc(Br)cn2)c1-c1ccc(Cl)cc1. The van der Waals surface area contributed by atoms with Crippen molar-refractivity contribution in [2.75, 3.05) is 18.9 Å². The lowest BCUT2D eigenvalue weighted by molar-refractivity contribution is 0.202. The highest BCUT2D eigenvalue weighted by Gasteiger charge is 2.17. The van der Waals surface area contributed by atoms with Crippen LogP contribution in [-0.2, 0) is 0 Å². The molecular formula is C21H16BrClN6O2. The summed E-state index contributed by atoms with van der Waals surface area (Å²) in [5.41, 5.74) is 8.44. The van der Waals surface area contributed by atoms with E-state index in [0.717, 1.165) is 15.6 Å².